The lowest BCUT2D eigenvalue weighted by Gasteiger charge is -2.19. The van der Waals surface area contributed by atoms with E-state index in [2.05, 4.69) is 9.97 Å². The number of carbonyl (C=O) groups is 1. The molecule has 0 unspecified atom stereocenters. The van der Waals surface area contributed by atoms with Crippen LogP contribution in [-0.4, -0.2) is 36.9 Å². The summed E-state index contributed by atoms with van der Waals surface area (Å²) >= 11 is 0. The van der Waals surface area contributed by atoms with E-state index in [1.807, 2.05) is 22.9 Å². The number of rotatable bonds is 5. The Morgan fingerprint density at radius 3 is 2.74 bits per heavy atom. The van der Waals surface area contributed by atoms with Gasteiger partial charge >= 0.3 is 0 Å². The van der Waals surface area contributed by atoms with Crippen LogP contribution < -0.4 is 14.2 Å². The lowest BCUT2D eigenvalue weighted by Crippen LogP contribution is -2.32. The van der Waals surface area contributed by atoms with E-state index in [9.17, 15) is 13.2 Å². The average Bonchev–Trinajstić information content (AvgIpc) is 3.16. The fourth-order valence-electron chi connectivity index (χ4n) is 4.19. The molecule has 0 radical (unpaired) electrons. The van der Waals surface area contributed by atoms with E-state index >= 15 is 0 Å². The number of fused-ring (bicyclic) bond motifs is 2. The van der Waals surface area contributed by atoms with Crippen molar-refractivity contribution >= 4 is 26.8 Å². The fourth-order valence-corrected chi connectivity index (χ4v) is 5.44. The second-order valence-electron chi connectivity index (χ2n) is 8.74. The minimum Gasteiger partial charge on any atom is -0.495 e. The Morgan fingerprint density at radius 2 is 1.97 bits per heavy atom. The number of hydrogen-bond donors (Lipinski definition) is 1. The molecule has 3 heterocycles. The van der Waals surface area contributed by atoms with Crippen molar-refractivity contribution in [1.29, 1.82) is 0 Å². The van der Waals surface area contributed by atoms with Crippen molar-refractivity contribution in [3.8, 4) is 22.8 Å². The van der Waals surface area contributed by atoms with Crippen LogP contribution in [0.15, 0.2) is 71.8 Å². The number of methoxy groups -OCH3 is 1. The molecule has 2 aromatic carbocycles. The van der Waals surface area contributed by atoms with Gasteiger partial charge in [0.05, 0.1) is 22.4 Å². The first kappa shape index (κ1) is 19.3. The van der Waals surface area contributed by atoms with Crippen LogP contribution in [0.1, 0.15) is 34.0 Å². The van der Waals surface area contributed by atoms with Gasteiger partial charge in [-0.25, -0.2) is 18.1 Å². The van der Waals surface area contributed by atoms with E-state index < -0.39 is 39.2 Å². The topological polar surface area (TPSA) is 107 Å². The summed E-state index contributed by atoms with van der Waals surface area (Å²) in [5, 5.41) is 0.732. The summed E-state index contributed by atoms with van der Waals surface area (Å²) < 4.78 is 62.2. The van der Waals surface area contributed by atoms with Gasteiger partial charge in [-0.3, -0.25) is 9.78 Å². The largest absolute Gasteiger partial charge is 0.495 e. The minimum absolute atomic E-state index is 0.0523. The number of aromatic nitrogens is 2. The molecule has 1 aliphatic heterocycles. The van der Waals surface area contributed by atoms with Gasteiger partial charge in [-0.2, -0.15) is 0 Å². The SMILES string of the molecule is [2H]C([2H])([2H])Oc1ccc2c(c1S(=O)(=O)NC(=O)c1ccc3c(-c4ccccn4)cccc3n1)OC(C)(C)C2. The number of hydrogen-bond acceptors (Lipinski definition) is 7. The van der Waals surface area contributed by atoms with Gasteiger partial charge in [0.15, 0.2) is 4.90 Å². The van der Waals surface area contributed by atoms with Gasteiger partial charge in [-0.1, -0.05) is 24.3 Å². The van der Waals surface area contributed by atoms with Crippen molar-refractivity contribution in [3.05, 3.63) is 78.1 Å². The van der Waals surface area contributed by atoms with Crippen molar-refractivity contribution in [2.75, 3.05) is 7.04 Å². The van der Waals surface area contributed by atoms with E-state index in [0.717, 1.165) is 16.6 Å². The van der Waals surface area contributed by atoms with E-state index in [-0.39, 0.29) is 11.4 Å². The maximum absolute atomic E-state index is 13.5. The third-order valence-electron chi connectivity index (χ3n) is 5.66. The number of pyridine rings is 2. The molecule has 0 aliphatic carbocycles. The number of benzene rings is 2. The summed E-state index contributed by atoms with van der Waals surface area (Å²) in [7, 11) is -7.57. The standard InChI is InChI=1S/C26H23N3O5S/c1-26(2)15-16-10-13-22(33-3)24(23(16)34-26)35(31,32)29-25(30)21-12-11-18-17(7-6-9-20(18)28-21)19-8-4-5-14-27-19/h4-14H,15H2,1-3H3,(H,29,30)/i3D3. The molecule has 0 spiro atoms. The van der Waals surface area contributed by atoms with Crippen LogP contribution in [0.2, 0.25) is 0 Å². The summed E-state index contributed by atoms with van der Waals surface area (Å²) in [5.41, 5.74) is 1.66. The molecular weight excluding hydrogens is 466 g/mol. The van der Waals surface area contributed by atoms with Crippen molar-refractivity contribution in [3.63, 3.8) is 0 Å². The van der Waals surface area contributed by atoms with Crippen LogP contribution in [0.5, 0.6) is 11.5 Å². The molecule has 178 valence electrons. The zero-order chi connectivity index (χ0) is 27.3. The monoisotopic (exact) mass is 492 g/mol. The molecular formula is C26H23N3O5S. The van der Waals surface area contributed by atoms with E-state index in [0.29, 0.717) is 17.5 Å². The molecule has 1 N–H and O–H groups in total. The lowest BCUT2D eigenvalue weighted by atomic mass is 10.0. The molecule has 1 aliphatic rings. The lowest BCUT2D eigenvalue weighted by molar-refractivity contribution is 0.0977. The molecule has 0 bridgehead atoms. The van der Waals surface area contributed by atoms with Crippen molar-refractivity contribution in [2.24, 2.45) is 0 Å². The first-order valence-electron chi connectivity index (χ1n) is 12.3. The van der Waals surface area contributed by atoms with Crippen molar-refractivity contribution in [1.82, 2.24) is 14.7 Å². The molecule has 0 atom stereocenters. The molecule has 5 rings (SSSR count). The molecule has 8 nitrogen and oxygen atoms in total. The van der Waals surface area contributed by atoms with Crippen molar-refractivity contribution in [2.45, 2.75) is 30.8 Å². The van der Waals surface area contributed by atoms with Crippen LogP contribution in [0.3, 0.4) is 0 Å². The minimum atomic E-state index is -4.64. The predicted molar refractivity (Wildman–Crippen MR) is 131 cm³/mol. The van der Waals surface area contributed by atoms with Crippen LogP contribution in [-0.2, 0) is 16.4 Å². The van der Waals surface area contributed by atoms with E-state index in [4.69, 9.17) is 13.6 Å². The number of sulfonamides is 1. The maximum Gasteiger partial charge on any atom is 0.283 e. The van der Waals surface area contributed by atoms with Crippen molar-refractivity contribution < 1.29 is 26.8 Å². The molecule has 9 heteroatoms. The summed E-state index contributed by atoms with van der Waals surface area (Å²) in [6, 6.07) is 16.7. The highest BCUT2D eigenvalue weighted by molar-refractivity contribution is 7.90. The quantitative estimate of drug-likeness (QED) is 0.446. The van der Waals surface area contributed by atoms with Gasteiger partial charge in [0.2, 0.25) is 0 Å². The van der Waals surface area contributed by atoms with Gasteiger partial charge in [-0.05, 0) is 55.8 Å². The Balaban J connectivity index is 1.52. The normalized spacial score (nSPS) is 15.9. The summed E-state index contributed by atoms with van der Waals surface area (Å²) in [6.07, 6.45) is 2.06. The van der Waals surface area contributed by atoms with Crippen LogP contribution in [0.4, 0.5) is 0 Å². The van der Waals surface area contributed by atoms with Gasteiger partial charge in [0.25, 0.3) is 15.9 Å². The zero-order valence-electron chi connectivity index (χ0n) is 21.9. The summed E-state index contributed by atoms with van der Waals surface area (Å²) in [4.78, 5) is 21.3. The molecule has 0 saturated carbocycles. The van der Waals surface area contributed by atoms with Gasteiger partial charge in [0, 0.05) is 23.6 Å². The van der Waals surface area contributed by atoms with Crippen LogP contribution in [0.25, 0.3) is 22.2 Å². The highest BCUT2D eigenvalue weighted by Crippen LogP contribution is 2.44. The highest BCUT2D eigenvalue weighted by atomic mass is 32.2. The smallest absolute Gasteiger partial charge is 0.283 e. The van der Waals surface area contributed by atoms with Gasteiger partial charge in [0.1, 0.15) is 22.8 Å². The number of nitrogens with zero attached hydrogens (tertiary/aromatic N) is 2. The number of ether oxygens (including phenoxy) is 2. The Bertz CT molecular complexity index is 1670. The fraction of sp³-hybridized carbons (Fsp3) is 0.192. The second kappa shape index (κ2) is 8.35. The molecule has 1 amide bonds. The molecule has 0 fully saturated rings. The Kier molecular flexibility index (Phi) is 4.61. The number of nitrogens with one attached hydrogen (secondary N) is 1. The maximum atomic E-state index is 13.5. The van der Waals surface area contributed by atoms with E-state index in [1.54, 1.807) is 50.4 Å². The molecule has 0 saturated heterocycles. The second-order valence-corrected chi connectivity index (χ2v) is 10.4. The average molecular weight is 493 g/mol. The third-order valence-corrected chi connectivity index (χ3v) is 7.04. The van der Waals surface area contributed by atoms with Crippen LogP contribution in [0, 0.1) is 0 Å². The number of carbonyl (C=O) groups excluding carboxylic acids is 1. The predicted octanol–water partition coefficient (Wildman–Crippen LogP) is 4.14. The first-order chi connectivity index (χ1) is 17.8. The number of amides is 1. The zero-order valence-corrected chi connectivity index (χ0v) is 19.7. The third kappa shape index (κ3) is 4.19. The summed E-state index contributed by atoms with van der Waals surface area (Å²) in [6.45, 7) is 3.54. The van der Waals surface area contributed by atoms with Crippen LogP contribution >= 0.6 is 0 Å². The molecule has 35 heavy (non-hydrogen) atoms. The van der Waals surface area contributed by atoms with Gasteiger partial charge in [-0.15, -0.1) is 0 Å². The first-order valence-corrected chi connectivity index (χ1v) is 12.2. The molecule has 4 aromatic rings. The highest BCUT2D eigenvalue weighted by Gasteiger charge is 2.38. The Hall–Kier alpha value is -3.98. The molecule has 2 aromatic heterocycles. The van der Waals surface area contributed by atoms with Gasteiger partial charge < -0.3 is 9.47 Å². The summed E-state index contributed by atoms with van der Waals surface area (Å²) in [5.74, 6) is -1.50. The Labute approximate surface area is 207 Å². The van der Waals surface area contributed by atoms with E-state index in [1.165, 1.54) is 12.1 Å². The Morgan fingerprint density at radius 1 is 1.11 bits per heavy atom.